The molecule has 1 aromatic heterocycles. The fourth-order valence-electron chi connectivity index (χ4n) is 6.32. The summed E-state index contributed by atoms with van der Waals surface area (Å²) in [6, 6.07) is 9.77. The first-order valence-electron chi connectivity index (χ1n) is 17.0. The molecule has 2 aromatic carbocycles. The number of nitrogens with zero attached hydrogens (tertiary/aromatic N) is 3. The summed E-state index contributed by atoms with van der Waals surface area (Å²) in [6.45, 7) is 21.1. The highest BCUT2D eigenvalue weighted by Gasteiger charge is 2.49. The molecule has 2 aliphatic heterocycles. The fraction of sp³-hybridized carbons (Fsp3) is 0.543. The number of benzene rings is 2. The smallest absolute Gasteiger partial charge is 0.443 e. The number of rotatable bonds is 9. The molecule has 16 heteroatoms. The van der Waals surface area contributed by atoms with Crippen molar-refractivity contribution in [2.24, 2.45) is 5.41 Å². The van der Waals surface area contributed by atoms with Crippen LogP contribution < -0.4 is 9.50 Å². The van der Waals surface area contributed by atoms with Gasteiger partial charge in [0, 0.05) is 62.3 Å². The second-order valence-corrected chi connectivity index (χ2v) is 19.4. The van der Waals surface area contributed by atoms with Gasteiger partial charge in [0.1, 0.15) is 11.4 Å². The summed E-state index contributed by atoms with van der Waals surface area (Å²) in [5.74, 6) is -1.28. The Balaban J connectivity index is 1.45. The Bertz CT molecular complexity index is 1910. The van der Waals surface area contributed by atoms with Gasteiger partial charge in [-0.3, -0.25) is 14.6 Å². The van der Waals surface area contributed by atoms with Crippen molar-refractivity contribution in [3.8, 4) is 17.0 Å². The molecule has 0 saturated carbocycles. The number of hydrogen-bond donors (Lipinski definition) is 1. The van der Waals surface area contributed by atoms with Crippen LogP contribution in [0.25, 0.3) is 22.2 Å². The minimum absolute atomic E-state index is 0.0475. The van der Waals surface area contributed by atoms with Gasteiger partial charge in [-0.2, -0.15) is 21.6 Å². The molecular formula is C35H47F3N4O7SSi. The van der Waals surface area contributed by atoms with Crippen LogP contribution in [0.5, 0.6) is 5.75 Å². The fourth-order valence-corrected chi connectivity index (χ4v) is 7.95. The minimum atomic E-state index is -6.00. The zero-order valence-corrected chi connectivity index (χ0v) is 32.3. The summed E-state index contributed by atoms with van der Waals surface area (Å²) >= 11 is 0. The molecule has 11 nitrogen and oxygen atoms in total. The van der Waals surface area contributed by atoms with Crippen molar-refractivity contribution in [1.82, 2.24) is 19.7 Å². The average Bonchev–Trinajstić information content (AvgIpc) is 3.57. The van der Waals surface area contributed by atoms with E-state index in [2.05, 4.69) is 53.2 Å². The van der Waals surface area contributed by atoms with Crippen LogP contribution in [0.1, 0.15) is 63.0 Å². The number of alkyl halides is 3. The molecule has 0 radical (unpaired) electrons. The number of piperazine rings is 1. The van der Waals surface area contributed by atoms with Crippen molar-refractivity contribution in [2.45, 2.75) is 84.9 Å². The summed E-state index contributed by atoms with van der Waals surface area (Å²) in [5, 5.41) is 3.21. The van der Waals surface area contributed by atoms with E-state index in [0.717, 1.165) is 44.4 Å². The highest BCUT2D eigenvalue weighted by Crippen LogP contribution is 2.40. The van der Waals surface area contributed by atoms with Gasteiger partial charge in [0.05, 0.1) is 22.9 Å². The molecule has 3 aromatic rings. The normalized spacial score (nSPS) is 17.1. The summed E-state index contributed by atoms with van der Waals surface area (Å²) in [7, 11) is -7.19. The molecule has 1 atom stereocenters. The molecule has 1 fully saturated rings. The number of aromatic nitrogens is 1. The van der Waals surface area contributed by atoms with E-state index in [1.54, 1.807) is 26.8 Å². The Kier molecular flexibility index (Phi) is 10.8. The lowest BCUT2D eigenvalue weighted by Gasteiger charge is -2.40. The second-order valence-electron chi connectivity index (χ2n) is 15.5. The van der Waals surface area contributed by atoms with E-state index in [0.29, 0.717) is 17.4 Å². The third-order valence-electron chi connectivity index (χ3n) is 8.82. The maximum absolute atomic E-state index is 13.7. The van der Waals surface area contributed by atoms with Crippen LogP contribution in [-0.4, -0.2) is 93.8 Å². The number of carbonyl (C=O) groups excluding carboxylic acids is 2. The van der Waals surface area contributed by atoms with Crippen molar-refractivity contribution in [3.63, 3.8) is 0 Å². The van der Waals surface area contributed by atoms with Crippen LogP contribution in [-0.2, 0) is 32.4 Å². The lowest BCUT2D eigenvalue weighted by atomic mass is 9.89. The first kappa shape index (κ1) is 38.8. The minimum Gasteiger partial charge on any atom is -0.443 e. The standard InChI is InChI=1S/C35H47F3N4O7SSi/c1-33(2,3)29(49-51(7)8)21-41-15-13-40(14-16-41)20-22-9-11-26-23(17-22)18-27(42(26)32(44)47-34(4,5)6)24-10-12-28(25-19-39-31(43)30(24)25)48-50(45,46)35(36,37)38/h9-12,17-18,29,51H,13-16,19-21H2,1-8H3,(H,39,43). The van der Waals surface area contributed by atoms with Gasteiger partial charge in [-0.05, 0) is 75.2 Å². The third kappa shape index (κ3) is 8.79. The van der Waals surface area contributed by atoms with Crippen LogP contribution in [0.2, 0.25) is 13.1 Å². The first-order valence-corrected chi connectivity index (χ1v) is 21.2. The van der Waals surface area contributed by atoms with Crippen molar-refractivity contribution >= 4 is 42.1 Å². The molecule has 280 valence electrons. The number of ether oxygens (including phenoxy) is 1. The van der Waals surface area contributed by atoms with Gasteiger partial charge in [-0.25, -0.2) is 9.36 Å². The monoisotopic (exact) mass is 752 g/mol. The van der Waals surface area contributed by atoms with E-state index in [9.17, 15) is 31.2 Å². The number of fused-ring (bicyclic) bond motifs is 2. The first-order chi connectivity index (χ1) is 23.5. The lowest BCUT2D eigenvalue weighted by molar-refractivity contribution is -0.0500. The number of carbonyl (C=O) groups is 2. The van der Waals surface area contributed by atoms with Gasteiger partial charge in [0.2, 0.25) is 0 Å². The molecule has 5 rings (SSSR count). The summed E-state index contributed by atoms with van der Waals surface area (Å²) in [4.78, 5) is 31.6. The molecule has 51 heavy (non-hydrogen) atoms. The zero-order chi connectivity index (χ0) is 37.7. The van der Waals surface area contributed by atoms with Crippen molar-refractivity contribution < 1.29 is 44.5 Å². The van der Waals surface area contributed by atoms with Crippen molar-refractivity contribution in [3.05, 3.63) is 53.1 Å². The van der Waals surface area contributed by atoms with E-state index in [1.807, 2.05) is 18.2 Å². The number of hydrogen-bond acceptors (Lipinski definition) is 9. The quantitative estimate of drug-likeness (QED) is 0.157. The van der Waals surface area contributed by atoms with Gasteiger partial charge in [0.25, 0.3) is 5.91 Å². The molecule has 3 heterocycles. The number of nitrogens with one attached hydrogen (secondary N) is 1. The van der Waals surface area contributed by atoms with Crippen LogP contribution in [0.15, 0.2) is 36.4 Å². The van der Waals surface area contributed by atoms with E-state index in [1.165, 1.54) is 10.6 Å². The van der Waals surface area contributed by atoms with Gasteiger partial charge in [0.15, 0.2) is 9.04 Å². The molecule has 0 aliphatic carbocycles. The topological polar surface area (TPSA) is 119 Å². The molecule has 1 N–H and O–H groups in total. The molecule has 1 unspecified atom stereocenters. The lowest BCUT2D eigenvalue weighted by Crippen LogP contribution is -2.51. The second kappa shape index (κ2) is 14.2. The Morgan fingerprint density at radius 2 is 1.61 bits per heavy atom. The highest BCUT2D eigenvalue weighted by molar-refractivity contribution is 7.88. The summed E-state index contributed by atoms with van der Waals surface area (Å²) in [5.41, 5.74) is -4.68. The Morgan fingerprint density at radius 1 is 0.961 bits per heavy atom. The molecule has 1 amide bonds. The van der Waals surface area contributed by atoms with E-state index >= 15 is 0 Å². The van der Waals surface area contributed by atoms with E-state index in [-0.39, 0.29) is 40.4 Å². The van der Waals surface area contributed by atoms with Crippen LogP contribution in [0.4, 0.5) is 18.0 Å². The predicted molar refractivity (Wildman–Crippen MR) is 191 cm³/mol. The Hall–Kier alpha value is -3.44. The Labute approximate surface area is 298 Å². The maximum atomic E-state index is 13.7. The molecule has 0 spiro atoms. The van der Waals surface area contributed by atoms with Crippen LogP contribution in [0.3, 0.4) is 0 Å². The Morgan fingerprint density at radius 3 is 2.20 bits per heavy atom. The molecule has 0 bridgehead atoms. The predicted octanol–water partition coefficient (Wildman–Crippen LogP) is 6.10. The van der Waals surface area contributed by atoms with Gasteiger partial charge in [-0.1, -0.05) is 26.8 Å². The SMILES string of the molecule is C[SiH](C)OC(CN1CCN(Cc2ccc3c(c2)cc(-c2ccc(OS(=O)(=O)C(F)(F)F)c4c2C(=O)NC4)n3C(=O)OC(C)(C)C)CC1)C(C)(C)C. The highest BCUT2D eigenvalue weighted by atomic mass is 32.2. The molecule has 1 saturated heterocycles. The summed E-state index contributed by atoms with van der Waals surface area (Å²) in [6.07, 6.45) is -0.550. The molecule has 2 aliphatic rings. The third-order valence-corrected chi connectivity index (χ3v) is 10.7. The van der Waals surface area contributed by atoms with Crippen LogP contribution >= 0.6 is 0 Å². The number of amides is 1. The van der Waals surface area contributed by atoms with Crippen molar-refractivity contribution in [2.75, 3.05) is 32.7 Å². The summed E-state index contributed by atoms with van der Waals surface area (Å²) < 4.78 is 81.0. The number of halogens is 3. The van der Waals surface area contributed by atoms with E-state index < -0.39 is 48.0 Å². The van der Waals surface area contributed by atoms with E-state index in [4.69, 9.17) is 9.16 Å². The van der Waals surface area contributed by atoms with Crippen molar-refractivity contribution in [1.29, 1.82) is 0 Å². The van der Waals surface area contributed by atoms with Gasteiger partial charge in [-0.15, -0.1) is 0 Å². The largest absolute Gasteiger partial charge is 0.534 e. The molecular weight excluding hydrogens is 706 g/mol. The zero-order valence-electron chi connectivity index (χ0n) is 30.3. The average molecular weight is 753 g/mol. The van der Waals surface area contributed by atoms with Crippen LogP contribution in [0, 0.1) is 5.41 Å². The van der Waals surface area contributed by atoms with Gasteiger partial charge >= 0.3 is 21.7 Å². The maximum Gasteiger partial charge on any atom is 0.534 e. The van der Waals surface area contributed by atoms with Gasteiger partial charge < -0.3 is 18.7 Å².